The Balaban J connectivity index is 2.93. The molecule has 1 rings (SSSR count). The van der Waals surface area contributed by atoms with Crippen molar-refractivity contribution < 1.29 is 17.2 Å². The lowest BCUT2D eigenvalue weighted by molar-refractivity contribution is 0.552. The lowest BCUT2D eigenvalue weighted by Crippen LogP contribution is -2.09. The number of rotatable bonds is 5. The second-order valence-electron chi connectivity index (χ2n) is 3.29. The monoisotopic (exact) mass is 312 g/mol. The second-order valence-corrected chi connectivity index (χ2v) is 6.16. The van der Waals surface area contributed by atoms with Crippen molar-refractivity contribution in [3.05, 3.63) is 29.8 Å². The highest BCUT2D eigenvalue weighted by Crippen LogP contribution is 2.18. The first-order valence-corrected chi connectivity index (χ1v) is 7.48. The molecule has 0 atom stereocenters. The molecule has 0 fully saturated rings. The maximum absolute atomic E-state index is 13.2. The van der Waals surface area contributed by atoms with Crippen LogP contribution in [-0.4, -0.2) is 19.5 Å². The summed E-state index contributed by atoms with van der Waals surface area (Å²) >= 11 is 3.17. The molecule has 0 unspecified atom stereocenters. The predicted molar refractivity (Wildman–Crippen MR) is 61.4 cm³/mol. The molecule has 1 aromatic carbocycles. The molecule has 0 saturated heterocycles. The van der Waals surface area contributed by atoms with E-state index in [1.807, 2.05) is 0 Å². The summed E-state index contributed by atoms with van der Waals surface area (Å²) in [5.41, 5.74) is 0. The minimum Gasteiger partial charge on any atom is -0.224 e. The first kappa shape index (κ1) is 13.6. The molecule has 6 heteroatoms. The highest BCUT2D eigenvalue weighted by atomic mass is 79.9. The number of benzene rings is 1. The largest absolute Gasteiger partial charge is 0.224 e. The van der Waals surface area contributed by atoms with Gasteiger partial charge in [-0.05, 0) is 31.0 Å². The van der Waals surface area contributed by atoms with Gasteiger partial charge in [0.1, 0.15) is 16.5 Å². The number of hydrogen-bond donors (Lipinski definition) is 0. The van der Waals surface area contributed by atoms with E-state index in [0.29, 0.717) is 18.2 Å². The van der Waals surface area contributed by atoms with Crippen LogP contribution in [-0.2, 0) is 9.84 Å². The molecule has 0 heterocycles. The van der Waals surface area contributed by atoms with E-state index in [1.54, 1.807) is 0 Å². The zero-order valence-corrected chi connectivity index (χ0v) is 10.8. The zero-order valence-electron chi connectivity index (χ0n) is 8.42. The van der Waals surface area contributed by atoms with Gasteiger partial charge in [0, 0.05) is 5.33 Å². The van der Waals surface area contributed by atoms with Crippen LogP contribution in [0.25, 0.3) is 0 Å². The Morgan fingerprint density at radius 3 is 2.50 bits per heavy atom. The Labute approximate surface area is 102 Å². The first-order valence-electron chi connectivity index (χ1n) is 4.71. The highest BCUT2D eigenvalue weighted by Gasteiger charge is 2.19. The molecular weight excluding hydrogens is 302 g/mol. The third-order valence-electron chi connectivity index (χ3n) is 2.03. The van der Waals surface area contributed by atoms with E-state index >= 15 is 0 Å². The molecule has 0 bridgehead atoms. The molecule has 0 N–H and O–H groups in total. The molecule has 2 nitrogen and oxygen atoms in total. The van der Waals surface area contributed by atoms with Gasteiger partial charge in [-0.2, -0.15) is 0 Å². The molecule has 0 radical (unpaired) electrons. The van der Waals surface area contributed by atoms with Crippen LogP contribution in [0.4, 0.5) is 8.78 Å². The summed E-state index contributed by atoms with van der Waals surface area (Å²) in [7, 11) is -3.72. The van der Waals surface area contributed by atoms with Gasteiger partial charge in [-0.1, -0.05) is 15.9 Å². The molecule has 16 heavy (non-hydrogen) atoms. The Bertz CT molecular complexity index is 460. The van der Waals surface area contributed by atoms with Gasteiger partial charge in [-0.25, -0.2) is 17.2 Å². The van der Waals surface area contributed by atoms with E-state index in [0.717, 1.165) is 18.2 Å². The van der Waals surface area contributed by atoms with Gasteiger partial charge in [0.15, 0.2) is 9.84 Å². The Hall–Kier alpha value is -0.490. The Morgan fingerprint density at radius 1 is 1.19 bits per heavy atom. The number of halogens is 3. The average Bonchev–Trinajstić information content (AvgIpc) is 2.22. The van der Waals surface area contributed by atoms with Crippen molar-refractivity contribution in [1.29, 1.82) is 0 Å². The number of hydrogen-bond acceptors (Lipinski definition) is 2. The van der Waals surface area contributed by atoms with Gasteiger partial charge in [-0.3, -0.25) is 0 Å². The van der Waals surface area contributed by atoms with Crippen molar-refractivity contribution in [2.45, 2.75) is 17.7 Å². The van der Waals surface area contributed by atoms with Crippen LogP contribution in [0.5, 0.6) is 0 Å². The minimum atomic E-state index is -3.72. The Kier molecular flexibility index (Phi) is 4.86. The summed E-state index contributed by atoms with van der Waals surface area (Å²) < 4.78 is 49.4. The van der Waals surface area contributed by atoms with Crippen LogP contribution in [0.1, 0.15) is 12.8 Å². The van der Waals surface area contributed by atoms with Crippen molar-refractivity contribution >= 4 is 25.8 Å². The molecule has 0 aliphatic rings. The van der Waals surface area contributed by atoms with Crippen LogP contribution in [0.15, 0.2) is 23.1 Å². The molecule has 0 aliphatic carbocycles. The molecule has 1 aromatic rings. The van der Waals surface area contributed by atoms with Crippen molar-refractivity contribution in [2.24, 2.45) is 0 Å². The topological polar surface area (TPSA) is 34.1 Å². The molecule has 0 aliphatic heterocycles. The normalized spacial score (nSPS) is 11.7. The molecule has 0 amide bonds. The molecule has 0 saturated carbocycles. The third kappa shape index (κ3) is 3.52. The number of alkyl halides is 1. The van der Waals surface area contributed by atoms with Crippen LogP contribution >= 0.6 is 15.9 Å². The summed E-state index contributed by atoms with van der Waals surface area (Å²) in [5, 5.41) is 0.689. The predicted octanol–water partition coefficient (Wildman–Crippen LogP) is 2.91. The van der Waals surface area contributed by atoms with E-state index in [-0.39, 0.29) is 5.75 Å². The van der Waals surface area contributed by atoms with E-state index in [9.17, 15) is 17.2 Å². The quantitative estimate of drug-likeness (QED) is 0.619. The van der Waals surface area contributed by atoms with Crippen molar-refractivity contribution in [2.75, 3.05) is 11.1 Å². The fraction of sp³-hybridized carbons (Fsp3) is 0.400. The van der Waals surface area contributed by atoms with Gasteiger partial charge in [0.05, 0.1) is 5.75 Å². The van der Waals surface area contributed by atoms with E-state index in [2.05, 4.69) is 15.9 Å². The minimum absolute atomic E-state index is 0.168. The summed E-state index contributed by atoms with van der Waals surface area (Å²) in [6.07, 6.45) is 1.10. The van der Waals surface area contributed by atoms with E-state index in [4.69, 9.17) is 0 Å². The summed E-state index contributed by atoms with van der Waals surface area (Å²) in [5.74, 6) is -1.82. The highest BCUT2D eigenvalue weighted by molar-refractivity contribution is 9.09. The maximum Gasteiger partial charge on any atom is 0.181 e. The zero-order chi connectivity index (χ0) is 12.2. The number of sulfone groups is 1. The van der Waals surface area contributed by atoms with Crippen molar-refractivity contribution in [3.8, 4) is 0 Å². The van der Waals surface area contributed by atoms with Crippen LogP contribution in [0.3, 0.4) is 0 Å². The van der Waals surface area contributed by atoms with Gasteiger partial charge in [0.25, 0.3) is 0 Å². The molecular formula is C10H11BrF2O2S. The standard InChI is InChI=1S/C10H11BrF2O2S/c11-5-1-2-6-16(14,15)10-7-8(12)3-4-9(10)13/h3-4,7H,1-2,5-6H2. The summed E-state index contributed by atoms with van der Waals surface area (Å²) in [6.45, 7) is 0. The van der Waals surface area contributed by atoms with Crippen molar-refractivity contribution in [3.63, 3.8) is 0 Å². The molecule has 0 spiro atoms. The lowest BCUT2D eigenvalue weighted by atomic mass is 10.3. The van der Waals surface area contributed by atoms with E-state index < -0.39 is 26.4 Å². The van der Waals surface area contributed by atoms with E-state index in [1.165, 1.54) is 0 Å². The summed E-state index contributed by atoms with van der Waals surface area (Å²) in [4.78, 5) is -0.554. The fourth-order valence-corrected chi connectivity index (χ4v) is 3.07. The number of unbranched alkanes of at least 4 members (excludes halogenated alkanes) is 1. The first-order chi connectivity index (χ1) is 7.47. The van der Waals surface area contributed by atoms with Gasteiger partial charge in [0.2, 0.25) is 0 Å². The van der Waals surface area contributed by atoms with Crippen LogP contribution in [0.2, 0.25) is 0 Å². The molecule has 90 valence electrons. The third-order valence-corrected chi connectivity index (χ3v) is 4.39. The lowest BCUT2D eigenvalue weighted by Gasteiger charge is -2.05. The second kappa shape index (κ2) is 5.72. The average molecular weight is 313 g/mol. The smallest absolute Gasteiger partial charge is 0.181 e. The van der Waals surface area contributed by atoms with Crippen LogP contribution in [0, 0.1) is 11.6 Å². The SMILES string of the molecule is O=S(=O)(CCCCBr)c1cc(F)ccc1F. The van der Waals surface area contributed by atoms with Crippen LogP contribution < -0.4 is 0 Å². The molecule has 0 aromatic heterocycles. The maximum atomic E-state index is 13.2. The van der Waals surface area contributed by atoms with Gasteiger partial charge >= 0.3 is 0 Å². The van der Waals surface area contributed by atoms with Gasteiger partial charge < -0.3 is 0 Å². The summed E-state index contributed by atoms with van der Waals surface area (Å²) in [6, 6.07) is 2.44. The van der Waals surface area contributed by atoms with Gasteiger partial charge in [-0.15, -0.1) is 0 Å². The fourth-order valence-electron chi connectivity index (χ4n) is 1.21. The Morgan fingerprint density at radius 2 is 1.88 bits per heavy atom. The van der Waals surface area contributed by atoms with Crippen molar-refractivity contribution in [1.82, 2.24) is 0 Å².